The van der Waals surface area contributed by atoms with Gasteiger partial charge in [-0.1, -0.05) is 0 Å². The van der Waals surface area contributed by atoms with E-state index in [-0.39, 0.29) is 23.3 Å². The quantitative estimate of drug-likeness (QED) is 0.800. The number of carbonyl (C=O) groups excluding carboxylic acids is 2. The smallest absolute Gasteiger partial charge is 0.422 e. The van der Waals surface area contributed by atoms with Crippen LogP contribution in [0.15, 0.2) is 18.3 Å². The van der Waals surface area contributed by atoms with Crippen LogP contribution < -0.4 is 4.74 Å². The van der Waals surface area contributed by atoms with Gasteiger partial charge >= 0.3 is 6.18 Å². The van der Waals surface area contributed by atoms with Crippen LogP contribution in [-0.2, 0) is 4.79 Å². The minimum absolute atomic E-state index is 0.0151. The number of halogens is 3. The van der Waals surface area contributed by atoms with Gasteiger partial charge in [0, 0.05) is 31.9 Å². The molecule has 0 aromatic carbocycles. The highest BCUT2D eigenvalue weighted by molar-refractivity contribution is 5.97. The van der Waals surface area contributed by atoms with Gasteiger partial charge in [0.05, 0.1) is 5.56 Å². The van der Waals surface area contributed by atoms with Gasteiger partial charge in [-0.25, -0.2) is 4.98 Å². The van der Waals surface area contributed by atoms with Gasteiger partial charge < -0.3 is 14.5 Å². The van der Waals surface area contributed by atoms with Gasteiger partial charge in [0.25, 0.3) is 5.91 Å². The predicted octanol–water partition coefficient (Wildman–Crippen LogP) is 2.64. The summed E-state index contributed by atoms with van der Waals surface area (Å²) in [4.78, 5) is 32.8. The van der Waals surface area contributed by atoms with Crippen molar-refractivity contribution < 1.29 is 27.5 Å². The molecule has 0 N–H and O–H groups in total. The fraction of sp³-hybridized carbons (Fsp3) is 0.611. The van der Waals surface area contributed by atoms with Crippen molar-refractivity contribution in [2.75, 3.05) is 26.2 Å². The second kappa shape index (κ2) is 8.14. The minimum atomic E-state index is -4.45. The second-order valence-electron chi connectivity index (χ2n) is 6.83. The highest BCUT2D eigenvalue weighted by atomic mass is 19.4. The third kappa shape index (κ3) is 4.90. The lowest BCUT2D eigenvalue weighted by atomic mass is 10.00. The molecule has 0 aliphatic carbocycles. The van der Waals surface area contributed by atoms with Crippen LogP contribution >= 0.6 is 0 Å². The Kier molecular flexibility index (Phi) is 5.86. The number of rotatable bonds is 4. The van der Waals surface area contributed by atoms with Gasteiger partial charge in [-0.15, -0.1) is 0 Å². The lowest BCUT2D eigenvalue weighted by molar-refractivity contribution is -0.154. The first-order valence-corrected chi connectivity index (χ1v) is 9.10. The van der Waals surface area contributed by atoms with Gasteiger partial charge in [0.1, 0.15) is 6.04 Å². The molecular formula is C18H22F3N3O3. The monoisotopic (exact) mass is 385 g/mol. The van der Waals surface area contributed by atoms with Crippen LogP contribution in [-0.4, -0.2) is 65.1 Å². The highest BCUT2D eigenvalue weighted by Gasteiger charge is 2.36. The molecule has 0 unspecified atom stereocenters. The number of amides is 2. The molecule has 1 aromatic rings. The summed E-state index contributed by atoms with van der Waals surface area (Å²) < 4.78 is 41.1. The van der Waals surface area contributed by atoms with E-state index >= 15 is 0 Å². The van der Waals surface area contributed by atoms with Gasteiger partial charge in [-0.05, 0) is 38.2 Å². The molecule has 27 heavy (non-hydrogen) atoms. The van der Waals surface area contributed by atoms with E-state index in [0.29, 0.717) is 13.0 Å². The van der Waals surface area contributed by atoms with E-state index in [1.54, 1.807) is 4.90 Å². The number of likely N-dealkylation sites (tertiary alicyclic amines) is 2. The van der Waals surface area contributed by atoms with Crippen molar-refractivity contribution in [2.24, 2.45) is 0 Å². The number of alkyl halides is 3. The van der Waals surface area contributed by atoms with E-state index in [9.17, 15) is 22.8 Å². The molecule has 148 valence electrons. The van der Waals surface area contributed by atoms with Crippen molar-refractivity contribution in [3.63, 3.8) is 0 Å². The molecule has 2 amide bonds. The van der Waals surface area contributed by atoms with Crippen LogP contribution in [0.4, 0.5) is 13.2 Å². The Morgan fingerprint density at radius 2 is 1.81 bits per heavy atom. The third-order valence-corrected chi connectivity index (χ3v) is 4.83. The Morgan fingerprint density at radius 1 is 1.11 bits per heavy atom. The van der Waals surface area contributed by atoms with E-state index in [1.165, 1.54) is 18.3 Å². The average Bonchev–Trinajstić information content (AvgIpc) is 3.20. The number of aromatic nitrogens is 1. The Morgan fingerprint density at radius 3 is 2.44 bits per heavy atom. The minimum Gasteiger partial charge on any atom is -0.468 e. The van der Waals surface area contributed by atoms with Crippen LogP contribution in [0.25, 0.3) is 0 Å². The van der Waals surface area contributed by atoms with Gasteiger partial charge in [-0.3, -0.25) is 9.59 Å². The average molecular weight is 385 g/mol. The van der Waals surface area contributed by atoms with E-state index in [4.69, 9.17) is 0 Å². The fourth-order valence-corrected chi connectivity index (χ4v) is 3.49. The molecule has 6 nitrogen and oxygen atoms in total. The molecule has 2 fully saturated rings. The van der Waals surface area contributed by atoms with Crippen molar-refractivity contribution in [1.29, 1.82) is 0 Å². The first kappa shape index (κ1) is 19.4. The summed E-state index contributed by atoms with van der Waals surface area (Å²) in [5.41, 5.74) is 0.232. The Bertz CT molecular complexity index is 673. The molecule has 0 saturated carbocycles. The first-order chi connectivity index (χ1) is 12.8. The van der Waals surface area contributed by atoms with Crippen molar-refractivity contribution in [3.05, 3.63) is 23.9 Å². The highest BCUT2D eigenvalue weighted by Crippen LogP contribution is 2.24. The lowest BCUT2D eigenvalue weighted by Crippen LogP contribution is -2.52. The SMILES string of the molecule is O=C([C@@H]1CCCCN1C(=O)c1ccc(OCC(F)(F)F)nc1)N1CCCC1. The summed E-state index contributed by atoms with van der Waals surface area (Å²) in [6.45, 7) is 0.496. The maximum atomic E-state index is 12.9. The molecule has 0 spiro atoms. The van der Waals surface area contributed by atoms with Gasteiger partial charge in [-0.2, -0.15) is 13.2 Å². The molecular weight excluding hydrogens is 363 g/mol. The zero-order valence-electron chi connectivity index (χ0n) is 14.9. The summed E-state index contributed by atoms with van der Waals surface area (Å²) in [7, 11) is 0. The summed E-state index contributed by atoms with van der Waals surface area (Å²) in [5, 5.41) is 0. The van der Waals surface area contributed by atoms with E-state index in [0.717, 1.165) is 38.8 Å². The summed E-state index contributed by atoms with van der Waals surface area (Å²) in [6.07, 6.45) is 1.03. The standard InChI is InChI=1S/C18H22F3N3O3/c19-18(20,21)12-27-15-7-6-13(11-22-15)16(25)24-10-2-1-5-14(24)17(26)23-8-3-4-9-23/h6-7,11,14H,1-5,8-10,12H2/t14-/m0/s1. The van der Waals surface area contributed by atoms with Crippen molar-refractivity contribution >= 4 is 11.8 Å². The lowest BCUT2D eigenvalue weighted by Gasteiger charge is -2.36. The van der Waals surface area contributed by atoms with E-state index in [2.05, 4.69) is 9.72 Å². The number of hydrogen-bond acceptors (Lipinski definition) is 4. The second-order valence-corrected chi connectivity index (χ2v) is 6.83. The van der Waals surface area contributed by atoms with Crippen molar-refractivity contribution in [1.82, 2.24) is 14.8 Å². The number of pyridine rings is 1. The number of nitrogens with zero attached hydrogens (tertiary/aromatic N) is 3. The zero-order valence-corrected chi connectivity index (χ0v) is 14.9. The first-order valence-electron chi connectivity index (χ1n) is 9.10. The van der Waals surface area contributed by atoms with Gasteiger partial charge in [0.2, 0.25) is 11.8 Å². The molecule has 2 saturated heterocycles. The van der Waals surface area contributed by atoms with Crippen LogP contribution in [0.1, 0.15) is 42.5 Å². The Labute approximate surface area is 155 Å². The summed E-state index contributed by atoms with van der Waals surface area (Å²) in [5.74, 6) is -0.548. The molecule has 2 aliphatic heterocycles. The molecule has 1 aromatic heterocycles. The molecule has 2 aliphatic rings. The van der Waals surface area contributed by atoms with Crippen LogP contribution in [0, 0.1) is 0 Å². The topological polar surface area (TPSA) is 62.7 Å². The molecule has 0 bridgehead atoms. The maximum Gasteiger partial charge on any atom is 0.422 e. The Hall–Kier alpha value is -2.32. The number of hydrogen-bond donors (Lipinski definition) is 0. The van der Waals surface area contributed by atoms with E-state index in [1.807, 2.05) is 4.90 Å². The van der Waals surface area contributed by atoms with Crippen LogP contribution in [0.3, 0.4) is 0 Å². The number of ether oxygens (including phenoxy) is 1. The fourth-order valence-electron chi connectivity index (χ4n) is 3.49. The Balaban J connectivity index is 1.68. The number of carbonyl (C=O) groups is 2. The largest absolute Gasteiger partial charge is 0.468 e. The molecule has 3 heterocycles. The maximum absolute atomic E-state index is 12.9. The molecule has 3 rings (SSSR count). The van der Waals surface area contributed by atoms with Crippen molar-refractivity contribution in [2.45, 2.75) is 44.3 Å². The normalized spacial score (nSPS) is 20.6. The van der Waals surface area contributed by atoms with Gasteiger partial charge in [0.15, 0.2) is 6.61 Å². The van der Waals surface area contributed by atoms with Crippen LogP contribution in [0.5, 0.6) is 5.88 Å². The zero-order chi connectivity index (χ0) is 19.4. The summed E-state index contributed by atoms with van der Waals surface area (Å²) in [6, 6.07) is 2.14. The number of piperidine rings is 1. The summed E-state index contributed by atoms with van der Waals surface area (Å²) >= 11 is 0. The molecule has 0 radical (unpaired) electrons. The van der Waals surface area contributed by atoms with Crippen molar-refractivity contribution in [3.8, 4) is 5.88 Å². The predicted molar refractivity (Wildman–Crippen MR) is 90.3 cm³/mol. The molecule has 9 heteroatoms. The van der Waals surface area contributed by atoms with Crippen LogP contribution in [0.2, 0.25) is 0 Å². The van der Waals surface area contributed by atoms with E-state index < -0.39 is 18.8 Å². The molecule has 1 atom stereocenters. The third-order valence-electron chi connectivity index (χ3n) is 4.83.